The summed E-state index contributed by atoms with van der Waals surface area (Å²) < 4.78 is 93.1. The van der Waals surface area contributed by atoms with E-state index in [1.807, 2.05) is 6.07 Å². The monoisotopic (exact) mass is 669 g/mol. The number of carbonyl (C=O) groups is 1. The smallest absolute Gasteiger partial charge is 0.374 e. The summed E-state index contributed by atoms with van der Waals surface area (Å²) in [4.78, 5) is 14.1. The number of ether oxygens (including phenoxy) is 4. The number of alkyl halides is 3. The summed E-state index contributed by atoms with van der Waals surface area (Å²) in [6, 6.07) is 33.5. The van der Waals surface area contributed by atoms with E-state index in [9.17, 15) is 26.4 Å². The van der Waals surface area contributed by atoms with E-state index >= 15 is 0 Å². The lowest BCUT2D eigenvalue weighted by molar-refractivity contribution is -0.205. The zero-order valence-electron chi connectivity index (χ0n) is 25.2. The van der Waals surface area contributed by atoms with Crippen molar-refractivity contribution >= 4 is 15.9 Å². The molecule has 248 valence electrons. The Morgan fingerprint density at radius 1 is 0.574 bits per heavy atom. The van der Waals surface area contributed by atoms with Crippen molar-refractivity contribution in [3.05, 3.63) is 144 Å². The van der Waals surface area contributed by atoms with E-state index in [0.29, 0.717) is 22.3 Å². The molecule has 0 N–H and O–H groups in total. The molecule has 1 aliphatic rings. The Morgan fingerprint density at radius 3 is 1.38 bits per heavy atom. The van der Waals surface area contributed by atoms with Crippen molar-refractivity contribution in [1.29, 1.82) is 0 Å². The van der Waals surface area contributed by atoms with E-state index in [1.54, 1.807) is 115 Å². The van der Waals surface area contributed by atoms with E-state index in [-0.39, 0.29) is 30.7 Å². The minimum absolute atomic E-state index is 0.0552. The van der Waals surface area contributed by atoms with Crippen molar-refractivity contribution in [3.63, 3.8) is 0 Å². The van der Waals surface area contributed by atoms with E-state index < -0.39 is 52.4 Å². The summed E-state index contributed by atoms with van der Waals surface area (Å²) in [7, 11) is -6.23. The highest BCUT2D eigenvalue weighted by Gasteiger charge is 2.61. The molecule has 0 unspecified atom stereocenters. The van der Waals surface area contributed by atoms with Gasteiger partial charge < -0.3 is 18.9 Å². The Kier molecular flexibility index (Phi) is 11.4. The first-order chi connectivity index (χ1) is 22.6. The molecule has 4 atom stereocenters. The quantitative estimate of drug-likeness (QED) is 0.162. The minimum atomic E-state index is -6.23. The highest BCUT2D eigenvalue weighted by Crippen LogP contribution is 2.37. The third-order valence-corrected chi connectivity index (χ3v) is 9.11. The fourth-order valence-electron chi connectivity index (χ4n) is 5.24. The maximum atomic E-state index is 14.2. The molecule has 0 saturated carbocycles. The zero-order chi connectivity index (χ0) is 33.3. The van der Waals surface area contributed by atoms with Gasteiger partial charge in [0.1, 0.15) is 18.2 Å². The topological polar surface area (TPSA) is 91.4 Å². The average Bonchev–Trinajstić information content (AvgIpc) is 3.07. The molecular formula is C35H34F3NO7S. The largest absolute Gasteiger partial charge is 0.516 e. The first-order valence-corrected chi connectivity index (χ1v) is 16.3. The van der Waals surface area contributed by atoms with Crippen LogP contribution in [0.15, 0.2) is 121 Å². The second-order valence-corrected chi connectivity index (χ2v) is 12.7. The van der Waals surface area contributed by atoms with Crippen molar-refractivity contribution in [2.45, 2.75) is 56.3 Å². The van der Waals surface area contributed by atoms with Gasteiger partial charge in [-0.1, -0.05) is 121 Å². The molecular weight excluding hydrogens is 635 g/mol. The van der Waals surface area contributed by atoms with Crippen LogP contribution in [0.5, 0.6) is 0 Å². The van der Waals surface area contributed by atoms with E-state index in [0.717, 1.165) is 0 Å². The summed E-state index contributed by atoms with van der Waals surface area (Å²) in [5.74, 6) is -1.43. The van der Waals surface area contributed by atoms with Crippen LogP contribution in [0.1, 0.15) is 22.3 Å². The fourth-order valence-corrected chi connectivity index (χ4v) is 6.35. The second-order valence-electron chi connectivity index (χ2n) is 10.9. The maximum absolute atomic E-state index is 14.2. The number of nitrogens with zero attached hydrogens (tertiary/aromatic N) is 1. The summed E-state index contributed by atoms with van der Waals surface area (Å²) in [5.41, 5.74) is -3.11. The van der Waals surface area contributed by atoms with Crippen molar-refractivity contribution < 1.29 is 45.3 Å². The first kappa shape index (κ1) is 34.3. The highest BCUT2D eigenvalue weighted by molar-refractivity contribution is 7.90. The Labute approximate surface area is 271 Å². The van der Waals surface area contributed by atoms with Crippen LogP contribution >= 0.6 is 0 Å². The fraction of sp³-hybridized carbons (Fsp3) is 0.286. The number of hydrogen-bond acceptors (Lipinski definition) is 7. The van der Waals surface area contributed by atoms with Crippen LogP contribution in [0.2, 0.25) is 0 Å². The molecule has 8 nitrogen and oxygen atoms in total. The molecule has 5 rings (SSSR count). The Hall–Kier alpha value is -4.07. The van der Waals surface area contributed by atoms with Crippen molar-refractivity contribution in [1.82, 2.24) is 4.31 Å². The van der Waals surface area contributed by atoms with Gasteiger partial charge in [0.05, 0.1) is 33.0 Å². The SMILES string of the molecule is O=C1[C@H](OCc2ccccc2)[C@@H](OCc2ccccc2)[C@H](OCc2ccccc2)[C@@H](COCc2ccccc2)N1S(=O)(=O)C(F)(F)F. The van der Waals surface area contributed by atoms with Crippen LogP contribution in [0.25, 0.3) is 0 Å². The number of benzene rings is 4. The van der Waals surface area contributed by atoms with Crippen LogP contribution in [-0.2, 0) is 60.2 Å². The second kappa shape index (κ2) is 15.7. The van der Waals surface area contributed by atoms with Gasteiger partial charge in [0, 0.05) is 0 Å². The average molecular weight is 670 g/mol. The molecule has 1 heterocycles. The lowest BCUT2D eigenvalue weighted by Gasteiger charge is -2.46. The Balaban J connectivity index is 1.55. The third kappa shape index (κ3) is 8.65. The molecule has 0 spiro atoms. The van der Waals surface area contributed by atoms with Gasteiger partial charge in [-0.2, -0.15) is 21.6 Å². The molecule has 0 bridgehead atoms. The van der Waals surface area contributed by atoms with Crippen molar-refractivity contribution in [2.75, 3.05) is 6.61 Å². The molecule has 0 aliphatic carbocycles. The molecule has 4 aromatic rings. The third-order valence-electron chi connectivity index (χ3n) is 7.56. The highest BCUT2D eigenvalue weighted by atomic mass is 32.2. The minimum Gasteiger partial charge on any atom is -0.374 e. The normalized spacial score (nSPS) is 20.3. The van der Waals surface area contributed by atoms with Crippen LogP contribution in [0, 0.1) is 0 Å². The summed E-state index contributed by atoms with van der Waals surface area (Å²) in [6.45, 7) is -1.04. The Bertz CT molecular complexity index is 1660. The number of piperidine rings is 1. The molecule has 0 aromatic heterocycles. The van der Waals surface area contributed by atoms with Crippen molar-refractivity contribution in [3.8, 4) is 0 Å². The number of carbonyl (C=O) groups excluding carboxylic acids is 1. The predicted molar refractivity (Wildman–Crippen MR) is 167 cm³/mol. The molecule has 1 saturated heterocycles. The van der Waals surface area contributed by atoms with Crippen LogP contribution in [0.3, 0.4) is 0 Å². The zero-order valence-corrected chi connectivity index (χ0v) is 26.1. The van der Waals surface area contributed by atoms with Crippen LogP contribution in [-0.4, -0.2) is 55.1 Å². The molecule has 1 fully saturated rings. The van der Waals surface area contributed by atoms with Gasteiger partial charge >= 0.3 is 15.5 Å². The number of hydrogen-bond donors (Lipinski definition) is 0. The number of sulfonamides is 1. The van der Waals surface area contributed by atoms with Crippen LogP contribution in [0.4, 0.5) is 13.2 Å². The Morgan fingerprint density at radius 2 is 0.957 bits per heavy atom. The summed E-state index contributed by atoms with van der Waals surface area (Å²) in [5, 5.41) is 0. The van der Waals surface area contributed by atoms with Gasteiger partial charge in [-0.05, 0) is 22.3 Å². The lowest BCUT2D eigenvalue weighted by Crippen LogP contribution is -2.69. The summed E-state index contributed by atoms with van der Waals surface area (Å²) in [6.07, 6.45) is -4.52. The molecule has 12 heteroatoms. The number of amides is 1. The van der Waals surface area contributed by atoms with E-state index in [2.05, 4.69) is 0 Å². The molecule has 4 aromatic carbocycles. The first-order valence-electron chi connectivity index (χ1n) is 14.9. The molecule has 47 heavy (non-hydrogen) atoms. The van der Waals surface area contributed by atoms with Crippen molar-refractivity contribution in [2.24, 2.45) is 0 Å². The maximum Gasteiger partial charge on any atom is 0.516 e. The van der Waals surface area contributed by atoms with E-state index in [1.165, 1.54) is 0 Å². The van der Waals surface area contributed by atoms with Gasteiger partial charge in [-0.3, -0.25) is 4.79 Å². The van der Waals surface area contributed by atoms with Gasteiger partial charge in [0.15, 0.2) is 6.10 Å². The number of rotatable bonds is 14. The standard InChI is InChI=1S/C35H34F3NO7S/c36-35(37,38)47(41,42)39-30(25-43-21-26-13-5-1-6-14-26)31(44-22-27-15-7-2-8-16-27)32(45-23-28-17-9-3-10-18-28)33(34(39)40)46-24-29-19-11-4-12-20-29/h1-20,30-33H,21-25H2/t30-,31-,32+,33-/m1/s1. The van der Waals surface area contributed by atoms with E-state index in [4.69, 9.17) is 18.9 Å². The lowest BCUT2D eigenvalue weighted by atomic mass is 9.94. The van der Waals surface area contributed by atoms with Gasteiger partial charge in [0.25, 0.3) is 5.91 Å². The molecule has 1 amide bonds. The van der Waals surface area contributed by atoms with Gasteiger partial charge in [-0.15, -0.1) is 0 Å². The van der Waals surface area contributed by atoms with Crippen LogP contribution < -0.4 is 0 Å². The van der Waals surface area contributed by atoms with Gasteiger partial charge in [-0.25, -0.2) is 4.31 Å². The number of halogens is 3. The van der Waals surface area contributed by atoms with Gasteiger partial charge in [0.2, 0.25) is 0 Å². The summed E-state index contributed by atoms with van der Waals surface area (Å²) >= 11 is 0. The molecule has 1 aliphatic heterocycles. The molecule has 0 radical (unpaired) electrons. The predicted octanol–water partition coefficient (Wildman–Crippen LogP) is 6.02.